The lowest BCUT2D eigenvalue weighted by Crippen LogP contribution is -1.96. The summed E-state index contributed by atoms with van der Waals surface area (Å²) in [6, 6.07) is 14.0. The van der Waals surface area contributed by atoms with Crippen LogP contribution in [-0.2, 0) is 0 Å². The molecule has 0 radical (unpaired) electrons. The number of hydrogen-bond donors (Lipinski definition) is 1. The summed E-state index contributed by atoms with van der Waals surface area (Å²) < 4.78 is 5.65. The van der Waals surface area contributed by atoms with Gasteiger partial charge in [0.15, 0.2) is 0 Å². The highest BCUT2D eigenvalue weighted by Crippen LogP contribution is 2.33. The zero-order valence-electron chi connectivity index (χ0n) is 10.2. The zero-order chi connectivity index (χ0) is 12.3. The molecule has 0 fully saturated rings. The van der Waals surface area contributed by atoms with E-state index in [-0.39, 0.29) is 0 Å². The van der Waals surface area contributed by atoms with E-state index in [1.165, 1.54) is 0 Å². The Hall–Kier alpha value is -1.96. The number of ether oxygens (including phenoxy) is 1. The van der Waals surface area contributed by atoms with E-state index in [0.717, 1.165) is 28.1 Å². The lowest BCUT2D eigenvalue weighted by atomic mass is 9.98. The Labute approximate surface area is 102 Å². The summed E-state index contributed by atoms with van der Waals surface area (Å²) in [6.45, 7) is 4.69. The van der Waals surface area contributed by atoms with Gasteiger partial charge in [-0.2, -0.15) is 0 Å². The third kappa shape index (κ3) is 2.26. The van der Waals surface area contributed by atoms with Gasteiger partial charge in [0.2, 0.25) is 0 Å². The minimum Gasteiger partial charge on any atom is -0.493 e. The lowest BCUT2D eigenvalue weighted by molar-refractivity contribution is 0.341. The van der Waals surface area contributed by atoms with E-state index in [2.05, 4.69) is 12.1 Å². The van der Waals surface area contributed by atoms with Gasteiger partial charge in [-0.05, 0) is 37.1 Å². The summed E-state index contributed by atoms with van der Waals surface area (Å²) in [5.74, 6) is 0.906. The topological polar surface area (TPSA) is 35.2 Å². The van der Waals surface area contributed by atoms with E-state index >= 15 is 0 Å². The summed E-state index contributed by atoms with van der Waals surface area (Å²) in [5, 5.41) is 0. The molecule has 0 aliphatic carbocycles. The van der Waals surface area contributed by atoms with E-state index in [0.29, 0.717) is 6.61 Å². The summed E-state index contributed by atoms with van der Waals surface area (Å²) >= 11 is 0. The fourth-order valence-corrected chi connectivity index (χ4v) is 1.92. The minimum absolute atomic E-state index is 0.665. The summed E-state index contributed by atoms with van der Waals surface area (Å²) in [7, 11) is 0. The van der Waals surface area contributed by atoms with Crippen molar-refractivity contribution >= 4 is 5.69 Å². The first-order valence-electron chi connectivity index (χ1n) is 5.81. The number of nitrogen functional groups attached to an aromatic ring is 1. The van der Waals surface area contributed by atoms with Gasteiger partial charge in [0.05, 0.1) is 6.61 Å². The maximum absolute atomic E-state index is 5.94. The molecular formula is C15H17NO. The summed E-state index contributed by atoms with van der Waals surface area (Å²) in [4.78, 5) is 0. The second kappa shape index (κ2) is 4.91. The first-order valence-corrected chi connectivity index (χ1v) is 5.81. The molecule has 0 heterocycles. The second-order valence-electron chi connectivity index (χ2n) is 3.95. The van der Waals surface area contributed by atoms with Gasteiger partial charge >= 0.3 is 0 Å². The Bertz CT molecular complexity index is 520. The molecule has 0 unspecified atom stereocenters. The van der Waals surface area contributed by atoms with Crippen molar-refractivity contribution in [3.63, 3.8) is 0 Å². The molecule has 0 atom stereocenters. The van der Waals surface area contributed by atoms with Crippen LogP contribution in [0.5, 0.6) is 5.75 Å². The van der Waals surface area contributed by atoms with Crippen molar-refractivity contribution in [2.24, 2.45) is 0 Å². The zero-order valence-corrected chi connectivity index (χ0v) is 10.2. The van der Waals surface area contributed by atoms with Gasteiger partial charge in [-0.3, -0.25) is 0 Å². The van der Waals surface area contributed by atoms with Crippen LogP contribution in [0.25, 0.3) is 11.1 Å². The van der Waals surface area contributed by atoms with Crippen LogP contribution in [0, 0.1) is 6.92 Å². The monoisotopic (exact) mass is 227 g/mol. The van der Waals surface area contributed by atoms with Crippen LogP contribution >= 0.6 is 0 Å². The van der Waals surface area contributed by atoms with Crippen molar-refractivity contribution in [1.29, 1.82) is 0 Å². The molecular weight excluding hydrogens is 210 g/mol. The van der Waals surface area contributed by atoms with E-state index in [1.54, 1.807) is 0 Å². The highest BCUT2D eigenvalue weighted by Gasteiger charge is 2.08. The third-order valence-corrected chi connectivity index (χ3v) is 2.85. The number of hydrogen-bond acceptors (Lipinski definition) is 2. The Morgan fingerprint density at radius 1 is 1.00 bits per heavy atom. The van der Waals surface area contributed by atoms with Crippen LogP contribution < -0.4 is 10.5 Å². The molecule has 2 N–H and O–H groups in total. The molecule has 88 valence electrons. The largest absolute Gasteiger partial charge is 0.493 e. The first kappa shape index (κ1) is 11.5. The van der Waals surface area contributed by atoms with E-state index in [4.69, 9.17) is 10.5 Å². The number of nitrogens with two attached hydrogens (primary N) is 1. The fraction of sp³-hybridized carbons (Fsp3) is 0.200. The highest BCUT2D eigenvalue weighted by atomic mass is 16.5. The maximum atomic E-state index is 5.94. The van der Waals surface area contributed by atoms with Gasteiger partial charge < -0.3 is 10.5 Å². The molecule has 0 saturated carbocycles. The van der Waals surface area contributed by atoms with Crippen molar-refractivity contribution in [3.8, 4) is 16.9 Å². The van der Waals surface area contributed by atoms with Crippen molar-refractivity contribution in [3.05, 3.63) is 48.0 Å². The lowest BCUT2D eigenvalue weighted by Gasteiger charge is -2.13. The first-order chi connectivity index (χ1) is 8.24. The molecule has 2 heteroatoms. The molecule has 17 heavy (non-hydrogen) atoms. The number of para-hydroxylation sites is 1. The standard InChI is InChI=1S/C15H17NO/c1-3-17-15-10-5-4-7-13(15)12-8-6-9-14(16)11(12)2/h4-10H,3,16H2,1-2H3. The number of rotatable bonds is 3. The predicted octanol–water partition coefficient (Wildman–Crippen LogP) is 3.64. The quantitative estimate of drug-likeness (QED) is 0.812. The van der Waals surface area contributed by atoms with Crippen molar-refractivity contribution in [2.75, 3.05) is 12.3 Å². The summed E-state index contributed by atoms with van der Waals surface area (Å²) in [5.41, 5.74) is 10.1. The van der Waals surface area contributed by atoms with Gasteiger partial charge in [0, 0.05) is 11.3 Å². The smallest absolute Gasteiger partial charge is 0.127 e. The van der Waals surface area contributed by atoms with Gasteiger partial charge in [-0.15, -0.1) is 0 Å². The van der Waals surface area contributed by atoms with Crippen LogP contribution in [0.15, 0.2) is 42.5 Å². The number of anilines is 1. The molecule has 2 aromatic carbocycles. The van der Waals surface area contributed by atoms with Crippen molar-refractivity contribution in [2.45, 2.75) is 13.8 Å². The molecule has 0 aliphatic rings. The molecule has 0 saturated heterocycles. The van der Waals surface area contributed by atoms with Crippen LogP contribution in [0.1, 0.15) is 12.5 Å². The third-order valence-electron chi connectivity index (χ3n) is 2.85. The maximum Gasteiger partial charge on any atom is 0.127 e. The fourth-order valence-electron chi connectivity index (χ4n) is 1.92. The molecule has 0 aromatic heterocycles. The molecule has 0 bridgehead atoms. The van der Waals surface area contributed by atoms with Gasteiger partial charge in [-0.1, -0.05) is 30.3 Å². The minimum atomic E-state index is 0.665. The second-order valence-corrected chi connectivity index (χ2v) is 3.95. The molecule has 2 nitrogen and oxygen atoms in total. The van der Waals surface area contributed by atoms with Crippen LogP contribution in [0.2, 0.25) is 0 Å². The number of benzene rings is 2. The Morgan fingerprint density at radius 2 is 1.71 bits per heavy atom. The van der Waals surface area contributed by atoms with Crippen LogP contribution in [0.4, 0.5) is 5.69 Å². The van der Waals surface area contributed by atoms with Crippen LogP contribution in [0.3, 0.4) is 0 Å². The molecule has 2 aromatic rings. The van der Waals surface area contributed by atoms with Crippen LogP contribution in [-0.4, -0.2) is 6.61 Å². The Kier molecular flexibility index (Phi) is 3.33. The van der Waals surface area contributed by atoms with Gasteiger partial charge in [0.1, 0.15) is 5.75 Å². The van der Waals surface area contributed by atoms with E-state index in [9.17, 15) is 0 Å². The average molecular weight is 227 g/mol. The normalized spacial score (nSPS) is 10.2. The van der Waals surface area contributed by atoms with E-state index < -0.39 is 0 Å². The van der Waals surface area contributed by atoms with Crippen molar-refractivity contribution in [1.82, 2.24) is 0 Å². The molecule has 0 aliphatic heterocycles. The molecule has 0 amide bonds. The molecule has 0 spiro atoms. The Balaban J connectivity index is 2.56. The van der Waals surface area contributed by atoms with E-state index in [1.807, 2.05) is 44.2 Å². The van der Waals surface area contributed by atoms with Gasteiger partial charge in [-0.25, -0.2) is 0 Å². The highest BCUT2D eigenvalue weighted by molar-refractivity contribution is 5.77. The Morgan fingerprint density at radius 3 is 2.47 bits per heavy atom. The SMILES string of the molecule is CCOc1ccccc1-c1cccc(N)c1C. The summed E-state index contributed by atoms with van der Waals surface area (Å²) in [6.07, 6.45) is 0. The molecule has 2 rings (SSSR count). The average Bonchev–Trinajstić information content (AvgIpc) is 2.34. The van der Waals surface area contributed by atoms with Crippen molar-refractivity contribution < 1.29 is 4.74 Å². The predicted molar refractivity (Wildman–Crippen MR) is 72.2 cm³/mol. The van der Waals surface area contributed by atoms with Gasteiger partial charge in [0.25, 0.3) is 0 Å².